The van der Waals surface area contributed by atoms with E-state index in [0.717, 1.165) is 18.4 Å². The summed E-state index contributed by atoms with van der Waals surface area (Å²) in [6.45, 7) is 1.57. The fourth-order valence-electron chi connectivity index (χ4n) is 5.75. The maximum absolute atomic E-state index is 13.2. The Bertz CT molecular complexity index is 1720. The Morgan fingerprint density at radius 3 is 2.32 bits per heavy atom. The lowest BCUT2D eigenvalue weighted by Gasteiger charge is -2.24. The van der Waals surface area contributed by atoms with Gasteiger partial charge in [-0.15, -0.1) is 0 Å². The molecular weight excluding hydrogens is 574 g/mol. The first-order valence-electron chi connectivity index (χ1n) is 15.1. The van der Waals surface area contributed by atoms with Crippen molar-refractivity contribution in [2.45, 2.75) is 32.1 Å². The molecular formula is C34H41N5O4S. The Labute approximate surface area is 259 Å². The topological polar surface area (TPSA) is 118 Å². The van der Waals surface area contributed by atoms with Gasteiger partial charge in [0.05, 0.1) is 28.9 Å². The van der Waals surface area contributed by atoms with Crippen LogP contribution in [0.4, 0.5) is 11.4 Å². The second-order valence-electron chi connectivity index (χ2n) is 11.8. The van der Waals surface area contributed by atoms with Crippen LogP contribution in [0.15, 0.2) is 77.8 Å². The van der Waals surface area contributed by atoms with E-state index in [1.54, 1.807) is 42.5 Å². The number of hydrogen-bond donors (Lipinski definition) is 3. The summed E-state index contributed by atoms with van der Waals surface area (Å²) in [5, 5.41) is 14.9. The number of hydrogen-bond acceptors (Lipinski definition) is 6. The van der Waals surface area contributed by atoms with E-state index in [1.165, 1.54) is 29.8 Å². The van der Waals surface area contributed by atoms with Crippen molar-refractivity contribution < 1.29 is 18.3 Å². The van der Waals surface area contributed by atoms with Crippen molar-refractivity contribution in [1.82, 2.24) is 15.2 Å². The smallest absolute Gasteiger partial charge is 0.251 e. The minimum absolute atomic E-state index is 0.0501. The largest absolute Gasteiger partial charge is 0.494 e. The summed E-state index contributed by atoms with van der Waals surface area (Å²) < 4.78 is 26.4. The van der Waals surface area contributed by atoms with Crippen molar-refractivity contribution >= 4 is 43.9 Å². The number of nitrogens with zero attached hydrogens (tertiary/aromatic N) is 3. The maximum atomic E-state index is 13.2. The molecule has 1 fully saturated rings. The molecule has 0 saturated heterocycles. The average molecular weight is 616 g/mol. The lowest BCUT2D eigenvalue weighted by Crippen LogP contribution is -2.35. The number of fused-ring (bicyclic) bond motifs is 1. The number of aromatic amines is 1. The van der Waals surface area contributed by atoms with Crippen LogP contribution in [0.5, 0.6) is 5.88 Å². The summed E-state index contributed by atoms with van der Waals surface area (Å²) >= 11 is 0. The van der Waals surface area contributed by atoms with Crippen LogP contribution in [0, 0.1) is 5.92 Å². The summed E-state index contributed by atoms with van der Waals surface area (Å²) in [4.78, 5) is 23.1. The van der Waals surface area contributed by atoms with E-state index >= 15 is 0 Å². The number of benzene rings is 3. The third kappa shape index (κ3) is 7.49. The summed E-state index contributed by atoms with van der Waals surface area (Å²) in [6.07, 6.45) is 7.20. The lowest BCUT2D eigenvalue weighted by atomic mass is 9.89. The second-order valence-corrected chi connectivity index (χ2v) is 13.7. The van der Waals surface area contributed by atoms with Crippen molar-refractivity contribution in [2.75, 3.05) is 44.3 Å². The van der Waals surface area contributed by atoms with Crippen molar-refractivity contribution in [1.29, 1.82) is 0 Å². The number of aromatic hydroxyl groups is 1. The third-order valence-corrected chi connectivity index (χ3v) is 9.32. The van der Waals surface area contributed by atoms with E-state index in [-0.39, 0.29) is 11.8 Å². The van der Waals surface area contributed by atoms with Crippen LogP contribution < -0.4 is 9.62 Å². The summed E-state index contributed by atoms with van der Waals surface area (Å²) in [6, 6.07) is 21.9. The number of aliphatic imine (C=N–C) groups is 1. The zero-order chi connectivity index (χ0) is 31.3. The number of likely N-dealkylation sites (N-methyl/N-ethyl adjacent to an activating group) is 1. The Morgan fingerprint density at radius 1 is 0.955 bits per heavy atom. The molecule has 1 amide bonds. The Hall–Kier alpha value is -4.15. The van der Waals surface area contributed by atoms with Crippen molar-refractivity contribution in [3.05, 3.63) is 89.5 Å². The highest BCUT2D eigenvalue weighted by Crippen LogP contribution is 2.33. The second kappa shape index (κ2) is 13.7. The van der Waals surface area contributed by atoms with Crippen molar-refractivity contribution in [3.8, 4) is 5.88 Å². The molecule has 10 heteroatoms. The minimum Gasteiger partial charge on any atom is -0.494 e. The molecule has 1 aromatic heterocycles. The highest BCUT2D eigenvalue weighted by atomic mass is 32.2. The first-order valence-corrected chi connectivity index (χ1v) is 16.9. The number of rotatable bonds is 11. The number of carbonyl (C=O) groups is 1. The van der Waals surface area contributed by atoms with Crippen LogP contribution in [0.25, 0.3) is 10.9 Å². The fourth-order valence-corrected chi connectivity index (χ4v) is 6.67. The van der Waals surface area contributed by atoms with Gasteiger partial charge in [0.15, 0.2) is 5.88 Å². The molecule has 1 aliphatic rings. The number of amides is 1. The third-order valence-electron chi connectivity index (χ3n) is 8.13. The normalized spacial score (nSPS) is 14.7. The van der Waals surface area contributed by atoms with Crippen molar-refractivity contribution in [2.24, 2.45) is 10.9 Å². The first kappa shape index (κ1) is 31.3. The van der Waals surface area contributed by atoms with E-state index in [2.05, 4.69) is 10.3 Å². The van der Waals surface area contributed by atoms with Crippen LogP contribution in [0.1, 0.15) is 53.6 Å². The predicted molar refractivity (Wildman–Crippen MR) is 178 cm³/mol. The van der Waals surface area contributed by atoms with Gasteiger partial charge in [0.2, 0.25) is 10.0 Å². The monoisotopic (exact) mass is 615 g/mol. The molecule has 0 radical (unpaired) electrons. The van der Waals surface area contributed by atoms with Gasteiger partial charge in [-0.1, -0.05) is 49.6 Å². The van der Waals surface area contributed by atoms with E-state index in [9.17, 15) is 18.3 Å². The average Bonchev–Trinajstić information content (AvgIpc) is 3.34. The van der Waals surface area contributed by atoms with Gasteiger partial charge in [0.1, 0.15) is 0 Å². The molecule has 9 nitrogen and oxygen atoms in total. The molecule has 232 valence electrons. The highest BCUT2D eigenvalue weighted by molar-refractivity contribution is 7.92. The number of carbonyl (C=O) groups excluding carboxylic acids is 1. The number of sulfonamides is 1. The predicted octanol–water partition coefficient (Wildman–Crippen LogP) is 5.68. The SMILES string of the molecule is CN(C)CCN(c1ccc(N=C(c2ccccc2)c2c(O)[nH]c3ccc(C(=O)NCC4CCCCC4)cc23)cc1)S(C)(=O)=O. The zero-order valence-corrected chi connectivity index (χ0v) is 26.4. The summed E-state index contributed by atoms with van der Waals surface area (Å²) in [5.41, 5.74) is 4.13. The molecule has 4 aromatic rings. The van der Waals surface area contributed by atoms with Gasteiger partial charge in [-0.3, -0.25) is 9.10 Å². The van der Waals surface area contributed by atoms with Crippen LogP contribution in [0.2, 0.25) is 0 Å². The molecule has 0 bridgehead atoms. The lowest BCUT2D eigenvalue weighted by molar-refractivity contribution is 0.0943. The van der Waals surface area contributed by atoms with Crippen molar-refractivity contribution in [3.63, 3.8) is 0 Å². The van der Waals surface area contributed by atoms with Gasteiger partial charge in [-0.2, -0.15) is 0 Å². The van der Waals surface area contributed by atoms with Crippen LogP contribution in [0.3, 0.4) is 0 Å². The van der Waals surface area contributed by atoms with E-state index in [0.29, 0.717) is 64.7 Å². The molecule has 0 unspecified atom stereocenters. The number of nitrogens with one attached hydrogen (secondary N) is 2. The van der Waals surface area contributed by atoms with Gasteiger partial charge in [0.25, 0.3) is 5.91 Å². The van der Waals surface area contributed by atoms with Gasteiger partial charge in [-0.05, 0) is 75.3 Å². The Kier molecular flexibility index (Phi) is 9.71. The number of H-pyrrole nitrogens is 1. The maximum Gasteiger partial charge on any atom is 0.251 e. The highest BCUT2D eigenvalue weighted by Gasteiger charge is 2.22. The van der Waals surface area contributed by atoms with Gasteiger partial charge >= 0.3 is 0 Å². The van der Waals surface area contributed by atoms with Gasteiger partial charge < -0.3 is 20.3 Å². The Morgan fingerprint density at radius 2 is 1.66 bits per heavy atom. The molecule has 0 aliphatic heterocycles. The zero-order valence-electron chi connectivity index (χ0n) is 25.6. The first-order chi connectivity index (χ1) is 21.1. The molecule has 5 rings (SSSR count). The molecule has 3 N–H and O–H groups in total. The molecule has 44 heavy (non-hydrogen) atoms. The molecule has 0 atom stereocenters. The van der Waals surface area contributed by atoms with Crippen LogP contribution >= 0.6 is 0 Å². The molecule has 1 saturated carbocycles. The number of anilines is 1. The fraction of sp³-hybridized carbons (Fsp3) is 0.353. The summed E-state index contributed by atoms with van der Waals surface area (Å²) in [5.74, 6) is 0.331. The molecule has 0 spiro atoms. The Balaban J connectivity index is 1.50. The van der Waals surface area contributed by atoms with Gasteiger partial charge in [-0.25, -0.2) is 13.4 Å². The minimum atomic E-state index is -3.48. The number of aromatic nitrogens is 1. The quantitative estimate of drug-likeness (QED) is 0.188. The van der Waals surface area contributed by atoms with Gasteiger partial charge in [0, 0.05) is 41.7 Å². The van der Waals surface area contributed by atoms with E-state index in [1.807, 2.05) is 49.3 Å². The summed E-state index contributed by atoms with van der Waals surface area (Å²) in [7, 11) is 0.319. The molecule has 1 heterocycles. The standard InChI is InChI=1S/C34H41N5O4S/c1-38(2)20-21-39(44(3,42)43)28-17-15-27(16-18-28)36-32(25-12-8-5-9-13-25)31-29-22-26(14-19-30(29)37-34(31)41)33(40)35-23-24-10-6-4-7-11-24/h5,8-9,12-19,22,24,37,41H,4,6-7,10-11,20-21,23H2,1-3H3,(H,35,40). The molecule has 1 aliphatic carbocycles. The van der Waals surface area contributed by atoms with E-state index < -0.39 is 10.0 Å². The molecule has 3 aromatic carbocycles. The van der Waals surface area contributed by atoms with Crippen LogP contribution in [-0.4, -0.2) is 75.0 Å². The van der Waals surface area contributed by atoms with Crippen LogP contribution in [-0.2, 0) is 10.0 Å². The van der Waals surface area contributed by atoms with E-state index in [4.69, 9.17) is 4.99 Å².